The first-order chi connectivity index (χ1) is 9.26. The molecule has 0 N–H and O–H groups in total. The number of para-hydroxylation sites is 1. The fourth-order valence-corrected chi connectivity index (χ4v) is 1.64. The van der Waals surface area contributed by atoms with E-state index >= 15 is 0 Å². The highest BCUT2D eigenvalue weighted by atomic mass is 16.2. The van der Waals surface area contributed by atoms with Crippen LogP contribution in [0.4, 0.5) is 5.69 Å². The summed E-state index contributed by atoms with van der Waals surface area (Å²) in [6, 6.07) is 16.8. The molecule has 0 fully saturated rings. The van der Waals surface area contributed by atoms with E-state index in [1.54, 1.807) is 42.5 Å². The molecule has 0 aliphatic heterocycles. The van der Waals surface area contributed by atoms with Gasteiger partial charge in [0.1, 0.15) is 0 Å². The number of carbonyl (C=O) groups excluding carboxylic acids is 2. The van der Waals surface area contributed by atoms with Gasteiger partial charge in [-0.1, -0.05) is 18.2 Å². The third kappa shape index (κ3) is 2.67. The Morgan fingerprint density at radius 3 is 2.21 bits per heavy atom. The van der Waals surface area contributed by atoms with Gasteiger partial charge in [-0.15, -0.1) is 0 Å². The molecular weight excluding hydrogens is 240 g/mol. The van der Waals surface area contributed by atoms with Crippen molar-refractivity contribution < 1.29 is 9.59 Å². The summed E-state index contributed by atoms with van der Waals surface area (Å²) in [6.45, 7) is 0. The minimum absolute atomic E-state index is 0.356. The first kappa shape index (κ1) is 12.5. The Kier molecular flexibility index (Phi) is 3.70. The molecule has 0 bridgehead atoms. The van der Waals surface area contributed by atoms with Crippen LogP contribution in [0.25, 0.3) is 0 Å². The van der Waals surface area contributed by atoms with E-state index in [4.69, 9.17) is 5.26 Å². The summed E-state index contributed by atoms with van der Waals surface area (Å²) in [5, 5.41) is 8.70. The van der Waals surface area contributed by atoms with Crippen LogP contribution in [0.15, 0.2) is 54.6 Å². The van der Waals surface area contributed by atoms with E-state index in [9.17, 15) is 9.59 Å². The minimum Gasteiger partial charge on any atom is -0.278 e. The quantitative estimate of drug-likeness (QED) is 0.785. The fourth-order valence-electron chi connectivity index (χ4n) is 1.64. The standard InChI is InChI=1S/C15H10N2O2/c16-10-12-6-8-13(9-7-12)15(19)17(11-18)14-4-2-1-3-5-14/h1-9,11H. The Morgan fingerprint density at radius 1 is 1.05 bits per heavy atom. The van der Waals surface area contributed by atoms with Gasteiger partial charge in [-0.2, -0.15) is 5.26 Å². The number of amides is 2. The molecule has 92 valence electrons. The summed E-state index contributed by atoms with van der Waals surface area (Å²) in [4.78, 5) is 24.3. The average molecular weight is 250 g/mol. The van der Waals surface area contributed by atoms with Crippen LogP contribution in [0.5, 0.6) is 0 Å². The maximum Gasteiger partial charge on any atom is 0.264 e. The van der Waals surface area contributed by atoms with E-state index < -0.39 is 5.91 Å². The Balaban J connectivity index is 2.31. The zero-order chi connectivity index (χ0) is 13.7. The highest BCUT2D eigenvalue weighted by Gasteiger charge is 2.16. The van der Waals surface area contributed by atoms with Crippen molar-refractivity contribution in [1.82, 2.24) is 0 Å². The molecule has 0 heterocycles. The van der Waals surface area contributed by atoms with Gasteiger partial charge in [0.15, 0.2) is 0 Å². The van der Waals surface area contributed by atoms with Crippen molar-refractivity contribution in [3.8, 4) is 6.07 Å². The van der Waals surface area contributed by atoms with Crippen molar-refractivity contribution >= 4 is 18.0 Å². The van der Waals surface area contributed by atoms with Crippen LogP contribution in [0.1, 0.15) is 15.9 Å². The highest BCUT2D eigenvalue weighted by Crippen LogP contribution is 2.15. The van der Waals surface area contributed by atoms with Gasteiger partial charge in [-0.3, -0.25) is 9.59 Å². The number of hydrogen-bond acceptors (Lipinski definition) is 3. The van der Waals surface area contributed by atoms with Crippen LogP contribution in [0.2, 0.25) is 0 Å². The fraction of sp³-hybridized carbons (Fsp3) is 0. The lowest BCUT2D eigenvalue weighted by molar-refractivity contribution is -0.106. The van der Waals surface area contributed by atoms with Gasteiger partial charge in [0.2, 0.25) is 6.41 Å². The second-order valence-electron chi connectivity index (χ2n) is 3.81. The molecule has 0 aliphatic rings. The van der Waals surface area contributed by atoms with Gasteiger partial charge in [0.25, 0.3) is 5.91 Å². The first-order valence-corrected chi connectivity index (χ1v) is 5.60. The number of anilines is 1. The molecular formula is C15H10N2O2. The van der Waals surface area contributed by atoms with Crippen LogP contribution < -0.4 is 4.90 Å². The summed E-state index contributed by atoms with van der Waals surface area (Å²) >= 11 is 0. The Labute approximate surface area is 110 Å². The lowest BCUT2D eigenvalue weighted by Crippen LogP contribution is -2.29. The van der Waals surface area contributed by atoms with Crippen LogP contribution in [-0.2, 0) is 4.79 Å². The van der Waals surface area contributed by atoms with Crippen LogP contribution >= 0.6 is 0 Å². The summed E-state index contributed by atoms with van der Waals surface area (Å²) in [5.74, 6) is -0.425. The van der Waals surface area contributed by atoms with Crippen molar-refractivity contribution in [1.29, 1.82) is 5.26 Å². The molecule has 4 heteroatoms. The van der Waals surface area contributed by atoms with Gasteiger partial charge in [0.05, 0.1) is 17.3 Å². The number of imide groups is 1. The van der Waals surface area contributed by atoms with Crippen molar-refractivity contribution in [2.45, 2.75) is 0 Å². The van der Waals surface area contributed by atoms with Crippen molar-refractivity contribution in [2.24, 2.45) is 0 Å². The molecule has 2 aromatic rings. The number of benzene rings is 2. The second kappa shape index (κ2) is 5.61. The SMILES string of the molecule is N#Cc1ccc(C(=O)N(C=O)c2ccccc2)cc1. The number of nitrogens with zero attached hydrogens (tertiary/aromatic N) is 2. The van der Waals surface area contributed by atoms with Crippen LogP contribution in [0, 0.1) is 11.3 Å². The molecule has 19 heavy (non-hydrogen) atoms. The lowest BCUT2D eigenvalue weighted by atomic mass is 10.1. The van der Waals surface area contributed by atoms with Crippen LogP contribution in [-0.4, -0.2) is 12.3 Å². The molecule has 0 saturated heterocycles. The molecule has 2 aromatic carbocycles. The number of rotatable bonds is 3. The second-order valence-corrected chi connectivity index (χ2v) is 3.81. The highest BCUT2D eigenvalue weighted by molar-refractivity contribution is 6.15. The van der Waals surface area contributed by atoms with E-state index in [1.165, 1.54) is 12.1 Å². The molecule has 2 rings (SSSR count). The predicted octanol–water partition coefficient (Wildman–Crippen LogP) is 2.36. The molecule has 0 spiro atoms. The maximum absolute atomic E-state index is 12.2. The minimum atomic E-state index is -0.425. The van der Waals surface area contributed by atoms with Crippen molar-refractivity contribution in [3.63, 3.8) is 0 Å². The largest absolute Gasteiger partial charge is 0.278 e. The van der Waals surface area contributed by atoms with E-state index in [1.807, 2.05) is 6.07 Å². The van der Waals surface area contributed by atoms with Gasteiger partial charge in [0, 0.05) is 5.56 Å². The third-order valence-electron chi connectivity index (χ3n) is 2.62. The van der Waals surface area contributed by atoms with Crippen LogP contribution in [0.3, 0.4) is 0 Å². The summed E-state index contributed by atoms with van der Waals surface area (Å²) in [7, 11) is 0. The molecule has 0 saturated carbocycles. The normalized spacial score (nSPS) is 9.42. The predicted molar refractivity (Wildman–Crippen MR) is 70.5 cm³/mol. The zero-order valence-electron chi connectivity index (χ0n) is 9.98. The average Bonchev–Trinajstić information content (AvgIpc) is 2.49. The molecule has 0 aromatic heterocycles. The van der Waals surface area contributed by atoms with Crippen molar-refractivity contribution in [3.05, 3.63) is 65.7 Å². The maximum atomic E-state index is 12.2. The van der Waals surface area contributed by atoms with E-state index in [-0.39, 0.29) is 0 Å². The molecule has 0 unspecified atom stereocenters. The van der Waals surface area contributed by atoms with Gasteiger partial charge < -0.3 is 0 Å². The smallest absolute Gasteiger partial charge is 0.264 e. The number of nitriles is 1. The summed E-state index contributed by atoms with van der Waals surface area (Å²) < 4.78 is 0. The zero-order valence-corrected chi connectivity index (χ0v) is 9.98. The Morgan fingerprint density at radius 2 is 1.68 bits per heavy atom. The van der Waals surface area contributed by atoms with E-state index in [0.29, 0.717) is 23.2 Å². The van der Waals surface area contributed by atoms with Gasteiger partial charge >= 0.3 is 0 Å². The third-order valence-corrected chi connectivity index (χ3v) is 2.62. The molecule has 0 aliphatic carbocycles. The first-order valence-electron chi connectivity index (χ1n) is 5.60. The van der Waals surface area contributed by atoms with Gasteiger partial charge in [-0.25, -0.2) is 4.90 Å². The topological polar surface area (TPSA) is 61.2 Å². The lowest BCUT2D eigenvalue weighted by Gasteiger charge is -2.15. The number of carbonyl (C=O) groups is 2. The Hall–Kier alpha value is -2.93. The molecule has 4 nitrogen and oxygen atoms in total. The number of hydrogen-bond donors (Lipinski definition) is 0. The van der Waals surface area contributed by atoms with Crippen molar-refractivity contribution in [2.75, 3.05) is 4.90 Å². The van der Waals surface area contributed by atoms with E-state index in [2.05, 4.69) is 0 Å². The molecule has 0 atom stereocenters. The molecule has 0 radical (unpaired) electrons. The summed E-state index contributed by atoms with van der Waals surface area (Å²) in [5.41, 5.74) is 1.33. The van der Waals surface area contributed by atoms with E-state index in [0.717, 1.165) is 4.90 Å². The summed E-state index contributed by atoms with van der Waals surface area (Å²) in [6.07, 6.45) is 0.482. The molecule has 2 amide bonds. The monoisotopic (exact) mass is 250 g/mol. The van der Waals surface area contributed by atoms with Gasteiger partial charge in [-0.05, 0) is 36.4 Å². The Bertz CT molecular complexity index is 627.